The molecule has 12 heteroatoms. The van der Waals surface area contributed by atoms with Gasteiger partial charge in [0.25, 0.3) is 5.91 Å². The van der Waals surface area contributed by atoms with E-state index in [2.05, 4.69) is 20.6 Å². The maximum absolute atomic E-state index is 13.4. The van der Waals surface area contributed by atoms with Crippen LogP contribution in [0.4, 0.5) is 18.9 Å². The van der Waals surface area contributed by atoms with E-state index in [9.17, 15) is 18.0 Å². The lowest BCUT2D eigenvalue weighted by Gasteiger charge is -2.26. The van der Waals surface area contributed by atoms with Crippen LogP contribution in [0.5, 0.6) is 0 Å². The Hall–Kier alpha value is -4.06. The number of carbonyl (C=O) groups excluding carboxylic acids is 1. The quantitative estimate of drug-likeness (QED) is 0.306. The molecule has 5 rings (SSSR count). The van der Waals surface area contributed by atoms with E-state index in [1.165, 1.54) is 18.6 Å². The van der Waals surface area contributed by atoms with E-state index in [1.54, 1.807) is 39.8 Å². The van der Waals surface area contributed by atoms with Gasteiger partial charge in [-0.2, -0.15) is 13.2 Å². The molecule has 3 heterocycles. The molecule has 1 aliphatic carbocycles. The van der Waals surface area contributed by atoms with Gasteiger partial charge in [-0.3, -0.25) is 20.6 Å². The summed E-state index contributed by atoms with van der Waals surface area (Å²) in [4.78, 5) is 22.7. The van der Waals surface area contributed by atoms with Crippen LogP contribution in [0.15, 0.2) is 48.9 Å². The lowest BCUT2D eigenvalue weighted by atomic mass is 10.0. The summed E-state index contributed by atoms with van der Waals surface area (Å²) >= 11 is 0. The van der Waals surface area contributed by atoms with Crippen molar-refractivity contribution in [1.82, 2.24) is 24.8 Å². The van der Waals surface area contributed by atoms with Crippen molar-refractivity contribution in [2.75, 3.05) is 11.9 Å². The maximum atomic E-state index is 13.4. The van der Waals surface area contributed by atoms with Gasteiger partial charge in [-0.05, 0) is 37.1 Å². The Morgan fingerprint density at radius 2 is 2.03 bits per heavy atom. The first-order valence-electron chi connectivity index (χ1n) is 11.4. The molecule has 1 atom stereocenters. The van der Waals surface area contributed by atoms with Gasteiger partial charge in [0, 0.05) is 42.1 Å². The Morgan fingerprint density at radius 1 is 1.22 bits per heavy atom. The Kier molecular flexibility index (Phi) is 6.04. The Labute approximate surface area is 204 Å². The van der Waals surface area contributed by atoms with E-state index < -0.39 is 18.1 Å². The SMILES string of the molecule is N=CN(C(=N)c1cccc(NC(=O)c2cc(-n3cnc4c3CCNC4C(F)(F)F)ccn2)c1)C1CC1. The third-order valence-electron chi connectivity index (χ3n) is 6.20. The van der Waals surface area contributed by atoms with Gasteiger partial charge in [-0.1, -0.05) is 12.1 Å². The van der Waals surface area contributed by atoms with Crippen molar-refractivity contribution >= 4 is 23.8 Å². The number of aromatic nitrogens is 3. The van der Waals surface area contributed by atoms with Gasteiger partial charge in [0.1, 0.15) is 17.6 Å². The van der Waals surface area contributed by atoms with Gasteiger partial charge in [0.05, 0.1) is 24.0 Å². The lowest BCUT2D eigenvalue weighted by Crippen LogP contribution is -2.39. The zero-order valence-corrected chi connectivity index (χ0v) is 19.0. The largest absolute Gasteiger partial charge is 0.409 e. The predicted octanol–water partition coefficient (Wildman–Crippen LogP) is 3.67. The van der Waals surface area contributed by atoms with Gasteiger partial charge in [0.15, 0.2) is 0 Å². The van der Waals surface area contributed by atoms with Crippen molar-refractivity contribution in [3.05, 3.63) is 71.6 Å². The van der Waals surface area contributed by atoms with Gasteiger partial charge < -0.3 is 20.1 Å². The molecule has 0 spiro atoms. The van der Waals surface area contributed by atoms with Crippen molar-refractivity contribution in [2.45, 2.75) is 37.5 Å². The average Bonchev–Trinajstić information content (AvgIpc) is 3.61. The van der Waals surface area contributed by atoms with Crippen LogP contribution in [0.1, 0.15) is 46.3 Å². The van der Waals surface area contributed by atoms with Crippen molar-refractivity contribution in [3.63, 3.8) is 0 Å². The van der Waals surface area contributed by atoms with E-state index in [4.69, 9.17) is 10.8 Å². The summed E-state index contributed by atoms with van der Waals surface area (Å²) in [5.74, 6) is -0.323. The highest BCUT2D eigenvalue weighted by Crippen LogP contribution is 2.36. The zero-order chi connectivity index (χ0) is 25.4. The maximum Gasteiger partial charge on any atom is 0.409 e. The summed E-state index contributed by atoms with van der Waals surface area (Å²) in [6, 6.07) is 8.22. The van der Waals surface area contributed by atoms with Gasteiger partial charge >= 0.3 is 6.18 Å². The van der Waals surface area contributed by atoms with Crippen LogP contribution in [0.25, 0.3) is 5.69 Å². The van der Waals surface area contributed by atoms with Crippen LogP contribution in [0.2, 0.25) is 0 Å². The highest BCUT2D eigenvalue weighted by Gasteiger charge is 2.45. The summed E-state index contributed by atoms with van der Waals surface area (Å²) in [6.45, 7) is 0.156. The van der Waals surface area contributed by atoms with Crippen molar-refractivity contribution < 1.29 is 18.0 Å². The number of pyridine rings is 1. The number of imidazole rings is 1. The fourth-order valence-electron chi connectivity index (χ4n) is 4.29. The number of hydrogen-bond donors (Lipinski definition) is 4. The smallest absolute Gasteiger partial charge is 0.321 e. The minimum atomic E-state index is -4.46. The highest BCUT2D eigenvalue weighted by molar-refractivity contribution is 6.06. The molecule has 1 aliphatic heterocycles. The number of nitrogens with one attached hydrogen (secondary N) is 4. The molecule has 1 aromatic carbocycles. The van der Waals surface area contributed by atoms with E-state index in [0.29, 0.717) is 29.1 Å². The topological polar surface area (TPSA) is 123 Å². The second-order valence-electron chi connectivity index (χ2n) is 8.68. The molecule has 186 valence electrons. The van der Waals surface area contributed by atoms with Crippen LogP contribution in [0, 0.1) is 10.8 Å². The first-order chi connectivity index (χ1) is 17.3. The molecular weight excluding hydrogens is 473 g/mol. The number of benzene rings is 1. The van der Waals surface area contributed by atoms with Crippen LogP contribution in [-0.2, 0) is 6.42 Å². The van der Waals surface area contributed by atoms with Crippen molar-refractivity contribution in [3.8, 4) is 5.69 Å². The number of anilines is 1. The molecule has 0 radical (unpaired) electrons. The first kappa shape index (κ1) is 23.7. The van der Waals surface area contributed by atoms with E-state index >= 15 is 0 Å². The summed E-state index contributed by atoms with van der Waals surface area (Å²) in [7, 11) is 0. The average molecular weight is 496 g/mol. The number of nitrogens with zero attached hydrogens (tertiary/aromatic N) is 4. The van der Waals surface area contributed by atoms with Crippen LogP contribution in [0.3, 0.4) is 0 Å². The summed E-state index contributed by atoms with van der Waals surface area (Å²) < 4.78 is 41.7. The first-order valence-corrected chi connectivity index (χ1v) is 11.4. The van der Waals surface area contributed by atoms with E-state index in [-0.39, 0.29) is 29.8 Å². The Morgan fingerprint density at radius 3 is 2.75 bits per heavy atom. The fraction of sp³-hybridized carbons (Fsp3) is 0.292. The molecule has 9 nitrogen and oxygen atoms in total. The standard InChI is InChI=1S/C24H23F3N8O/c25-24(26,27)21-20-19(7-9-31-21)35(13-32-20)17-6-8-30-18(11-17)23(36)33-15-3-1-2-14(10-15)22(29)34(12-28)16-4-5-16/h1-3,6,8,10-13,16,21,28-29,31H,4-5,7,9H2,(H,33,36). The van der Waals surface area contributed by atoms with E-state index in [0.717, 1.165) is 19.2 Å². The summed E-state index contributed by atoms with van der Waals surface area (Å²) in [5.41, 5.74) is 1.94. The minimum Gasteiger partial charge on any atom is -0.321 e. The molecule has 1 saturated carbocycles. The fourth-order valence-corrected chi connectivity index (χ4v) is 4.29. The molecule has 0 saturated heterocycles. The molecule has 1 amide bonds. The number of halogens is 3. The number of rotatable bonds is 6. The third-order valence-corrected chi connectivity index (χ3v) is 6.20. The molecular formula is C24H23F3N8O. The number of hydrogen-bond acceptors (Lipinski definition) is 6. The molecule has 2 aromatic heterocycles. The normalized spacial score (nSPS) is 17.2. The molecule has 1 fully saturated rings. The van der Waals surface area contributed by atoms with Crippen molar-refractivity contribution in [1.29, 1.82) is 10.8 Å². The number of carbonyl (C=O) groups is 1. The second kappa shape index (κ2) is 9.19. The lowest BCUT2D eigenvalue weighted by molar-refractivity contribution is -0.159. The monoisotopic (exact) mass is 496 g/mol. The van der Waals surface area contributed by atoms with Crippen molar-refractivity contribution in [2.24, 2.45) is 0 Å². The zero-order valence-electron chi connectivity index (χ0n) is 19.0. The van der Waals surface area contributed by atoms with Gasteiger partial charge in [0.2, 0.25) is 0 Å². The van der Waals surface area contributed by atoms with E-state index in [1.807, 2.05) is 0 Å². The molecule has 3 aromatic rings. The molecule has 0 bridgehead atoms. The summed E-state index contributed by atoms with van der Waals surface area (Å²) in [5, 5.41) is 21.2. The predicted molar refractivity (Wildman–Crippen MR) is 127 cm³/mol. The van der Waals surface area contributed by atoms with Crippen LogP contribution < -0.4 is 10.6 Å². The molecule has 2 aliphatic rings. The van der Waals surface area contributed by atoms with Crippen LogP contribution >= 0.6 is 0 Å². The molecule has 4 N–H and O–H groups in total. The van der Waals surface area contributed by atoms with Crippen LogP contribution in [-0.4, -0.2) is 56.3 Å². The summed E-state index contributed by atoms with van der Waals surface area (Å²) in [6.07, 6.45) is 1.66. The number of fused-ring (bicyclic) bond motifs is 1. The van der Waals surface area contributed by atoms with Gasteiger partial charge in [-0.25, -0.2) is 4.98 Å². The second-order valence-corrected chi connectivity index (χ2v) is 8.68. The minimum absolute atomic E-state index is 0.0685. The number of amidine groups is 1. The van der Waals surface area contributed by atoms with Gasteiger partial charge in [-0.15, -0.1) is 0 Å². The molecule has 1 unspecified atom stereocenters. The number of alkyl halides is 3. The Bertz CT molecular complexity index is 1330. The third kappa shape index (κ3) is 4.59. The Balaban J connectivity index is 1.36. The highest BCUT2D eigenvalue weighted by atomic mass is 19.4. The number of amides is 1. The molecule has 36 heavy (non-hydrogen) atoms.